The van der Waals surface area contributed by atoms with Crippen LogP contribution in [-0.2, 0) is 22.6 Å². The van der Waals surface area contributed by atoms with Crippen molar-refractivity contribution in [3.8, 4) is 0 Å². The quantitative estimate of drug-likeness (QED) is 0.148. The van der Waals surface area contributed by atoms with Crippen LogP contribution in [-0.4, -0.2) is 80.9 Å². The molecular weight excluding hydrogens is 644 g/mol. The van der Waals surface area contributed by atoms with Crippen molar-refractivity contribution in [2.45, 2.75) is 52.6 Å². The van der Waals surface area contributed by atoms with Gasteiger partial charge in [0.05, 0.1) is 55.5 Å². The van der Waals surface area contributed by atoms with Crippen molar-refractivity contribution >= 4 is 41.3 Å². The molecule has 2 aliphatic carbocycles. The second kappa shape index (κ2) is 13.3. The van der Waals surface area contributed by atoms with Crippen LogP contribution >= 0.6 is 11.6 Å². The van der Waals surface area contributed by atoms with Gasteiger partial charge in [-0.25, -0.2) is 19.6 Å². The molecule has 0 atom stereocenters. The zero-order valence-corrected chi connectivity index (χ0v) is 28.7. The average Bonchev–Trinajstić information content (AvgIpc) is 3.95. The molecule has 256 valence electrons. The number of halogens is 1. The Morgan fingerprint density at radius 1 is 0.776 bits per heavy atom. The van der Waals surface area contributed by atoms with Gasteiger partial charge in [0.1, 0.15) is 16.8 Å². The van der Waals surface area contributed by atoms with Gasteiger partial charge in [-0.15, -0.1) is 0 Å². The second-order valence-electron chi connectivity index (χ2n) is 13.5. The maximum Gasteiger partial charge on any atom is 0.341 e. The fourth-order valence-corrected chi connectivity index (χ4v) is 6.66. The Kier molecular flexibility index (Phi) is 8.91. The lowest BCUT2D eigenvalue weighted by Gasteiger charge is -2.41. The molecule has 0 radical (unpaired) electrons. The van der Waals surface area contributed by atoms with Crippen LogP contribution in [0.2, 0.25) is 5.15 Å². The topological polar surface area (TPSA) is 120 Å². The van der Waals surface area contributed by atoms with Gasteiger partial charge in [0.15, 0.2) is 0 Å². The lowest BCUT2D eigenvalue weighted by molar-refractivity contribution is 0.0516. The summed E-state index contributed by atoms with van der Waals surface area (Å²) in [6.45, 7) is 13.6. The van der Waals surface area contributed by atoms with Crippen molar-refractivity contribution in [1.82, 2.24) is 29.5 Å². The fraction of sp³-hybridized carbons (Fsp3) is 0.444. The number of carbonyl (C=O) groups is 2. The van der Waals surface area contributed by atoms with E-state index in [1.165, 1.54) is 38.1 Å². The SMILES string of the molecule is C=Cc1nc(N2CC3(CC3)C2)ccc1Cn1cc(C(=O)OCC)cn1.CCOC(=O)c1cnn(Cc2ccc(N3CC4(CC4)C3)nc2Cl)c1. The van der Waals surface area contributed by atoms with E-state index in [1.54, 1.807) is 41.7 Å². The van der Waals surface area contributed by atoms with Crippen LogP contribution in [0.3, 0.4) is 0 Å². The minimum Gasteiger partial charge on any atom is -0.462 e. The van der Waals surface area contributed by atoms with Gasteiger partial charge in [0, 0.05) is 55.0 Å². The molecule has 0 N–H and O–H groups in total. The molecule has 0 aromatic carbocycles. The Morgan fingerprint density at radius 3 is 1.69 bits per heavy atom. The van der Waals surface area contributed by atoms with Crippen LogP contribution in [0.15, 0.2) is 55.6 Å². The van der Waals surface area contributed by atoms with Crippen LogP contribution in [0.1, 0.15) is 77.1 Å². The van der Waals surface area contributed by atoms with E-state index in [-0.39, 0.29) is 11.9 Å². The predicted molar refractivity (Wildman–Crippen MR) is 186 cm³/mol. The molecule has 0 unspecified atom stereocenters. The molecule has 8 rings (SSSR count). The van der Waals surface area contributed by atoms with Crippen molar-refractivity contribution < 1.29 is 19.1 Å². The highest BCUT2D eigenvalue weighted by atomic mass is 35.5. The molecule has 4 aromatic heterocycles. The Bertz CT molecular complexity index is 1860. The van der Waals surface area contributed by atoms with Gasteiger partial charge in [-0.2, -0.15) is 10.2 Å². The average molecular weight is 685 g/mol. The first-order valence-electron chi connectivity index (χ1n) is 16.9. The molecule has 4 aliphatic rings. The molecule has 0 bridgehead atoms. The largest absolute Gasteiger partial charge is 0.462 e. The molecule has 2 saturated heterocycles. The molecule has 12 nitrogen and oxygen atoms in total. The van der Waals surface area contributed by atoms with E-state index >= 15 is 0 Å². The standard InChI is InChI=1S/C19H22N4O2.C17H19ClN4O2/c1-3-16-14(10-23-11-15(9-20-23)18(24)25-4-2)5-6-17(21-16)22-12-19(13-22)7-8-19;1-2-24-16(23)13-7-19-22(9-13)8-12-3-4-14(20-15(12)18)21-10-17(11-21)5-6-17/h3,5-6,9,11H,1,4,7-8,10,12-13H2,2H3;3-4,7,9H,2,5-6,8,10-11H2,1H3. The summed E-state index contributed by atoms with van der Waals surface area (Å²) < 4.78 is 13.3. The molecule has 2 spiro atoms. The molecule has 4 fully saturated rings. The first-order chi connectivity index (χ1) is 23.7. The summed E-state index contributed by atoms with van der Waals surface area (Å²) in [5.41, 5.74) is 4.86. The van der Waals surface area contributed by atoms with E-state index in [2.05, 4.69) is 43.7 Å². The minimum absolute atomic E-state index is 0.346. The van der Waals surface area contributed by atoms with Crippen molar-refractivity contribution in [2.75, 3.05) is 49.2 Å². The van der Waals surface area contributed by atoms with Crippen molar-refractivity contribution in [3.63, 3.8) is 0 Å². The third-order valence-electron chi connectivity index (χ3n) is 9.72. The molecule has 4 aromatic rings. The zero-order chi connectivity index (χ0) is 34.2. The van der Waals surface area contributed by atoms with E-state index < -0.39 is 0 Å². The highest BCUT2D eigenvalue weighted by molar-refractivity contribution is 6.30. The van der Waals surface area contributed by atoms with Gasteiger partial charge >= 0.3 is 11.9 Å². The van der Waals surface area contributed by atoms with Gasteiger partial charge in [-0.1, -0.05) is 30.3 Å². The van der Waals surface area contributed by atoms with E-state index in [1.807, 2.05) is 12.1 Å². The summed E-state index contributed by atoms with van der Waals surface area (Å²) >= 11 is 6.34. The number of rotatable bonds is 11. The van der Waals surface area contributed by atoms with Crippen LogP contribution in [0.25, 0.3) is 6.08 Å². The molecule has 2 aliphatic heterocycles. The van der Waals surface area contributed by atoms with Crippen molar-refractivity contribution in [1.29, 1.82) is 0 Å². The predicted octanol–water partition coefficient (Wildman–Crippen LogP) is 5.50. The third-order valence-corrected chi connectivity index (χ3v) is 10.1. The monoisotopic (exact) mass is 684 g/mol. The van der Waals surface area contributed by atoms with Crippen LogP contribution < -0.4 is 9.80 Å². The zero-order valence-electron chi connectivity index (χ0n) is 28.0. The first kappa shape index (κ1) is 32.8. The Labute approximate surface area is 290 Å². The lowest BCUT2D eigenvalue weighted by atomic mass is 9.97. The minimum atomic E-state index is -0.366. The van der Waals surface area contributed by atoms with Crippen molar-refractivity contribution in [3.05, 3.63) is 88.7 Å². The maximum atomic E-state index is 11.7. The summed E-state index contributed by atoms with van der Waals surface area (Å²) in [6.07, 6.45) is 13.6. The van der Waals surface area contributed by atoms with Gasteiger partial charge in [-0.05, 0) is 63.3 Å². The fourth-order valence-electron chi connectivity index (χ4n) is 6.45. The van der Waals surface area contributed by atoms with Gasteiger partial charge in [0.25, 0.3) is 0 Å². The number of hydrogen-bond donors (Lipinski definition) is 0. The van der Waals surface area contributed by atoms with Crippen LogP contribution in [0.4, 0.5) is 11.6 Å². The molecule has 0 amide bonds. The van der Waals surface area contributed by atoms with E-state index in [0.717, 1.165) is 54.6 Å². The molecule has 13 heteroatoms. The summed E-state index contributed by atoms with van der Waals surface area (Å²) in [5, 5.41) is 8.92. The normalized spacial score (nSPS) is 17.4. The summed E-state index contributed by atoms with van der Waals surface area (Å²) in [4.78, 5) is 37.3. The molecule has 2 saturated carbocycles. The summed E-state index contributed by atoms with van der Waals surface area (Å²) in [5.74, 6) is 1.24. The second-order valence-corrected chi connectivity index (χ2v) is 13.9. The summed E-state index contributed by atoms with van der Waals surface area (Å²) in [7, 11) is 0. The smallest absolute Gasteiger partial charge is 0.341 e. The van der Waals surface area contributed by atoms with Crippen molar-refractivity contribution in [2.24, 2.45) is 10.8 Å². The van der Waals surface area contributed by atoms with E-state index in [4.69, 9.17) is 26.1 Å². The first-order valence-corrected chi connectivity index (χ1v) is 17.3. The number of pyridine rings is 2. The van der Waals surface area contributed by atoms with Gasteiger partial charge in [-0.3, -0.25) is 9.36 Å². The number of ether oxygens (including phenoxy) is 2. The number of hydrogen-bond acceptors (Lipinski definition) is 10. The van der Waals surface area contributed by atoms with Crippen LogP contribution in [0, 0.1) is 10.8 Å². The number of anilines is 2. The van der Waals surface area contributed by atoms with E-state index in [0.29, 0.717) is 53.4 Å². The highest BCUT2D eigenvalue weighted by Gasteiger charge is 2.53. The Hall–Kier alpha value is -4.71. The molecular formula is C36H41ClN8O4. The molecule has 49 heavy (non-hydrogen) atoms. The van der Waals surface area contributed by atoms with Gasteiger partial charge in [0.2, 0.25) is 0 Å². The molecule has 6 heterocycles. The highest BCUT2D eigenvalue weighted by Crippen LogP contribution is 2.54. The summed E-state index contributed by atoms with van der Waals surface area (Å²) in [6, 6.07) is 8.12. The number of carbonyl (C=O) groups excluding carboxylic acids is 2. The number of esters is 2. The number of aromatic nitrogens is 6. The van der Waals surface area contributed by atoms with Gasteiger partial charge < -0.3 is 19.3 Å². The van der Waals surface area contributed by atoms with E-state index in [9.17, 15) is 9.59 Å². The number of nitrogens with zero attached hydrogens (tertiary/aromatic N) is 8. The third kappa shape index (κ3) is 7.19. The lowest BCUT2D eigenvalue weighted by Crippen LogP contribution is -2.48. The van der Waals surface area contributed by atoms with Crippen LogP contribution in [0.5, 0.6) is 0 Å². The Balaban J connectivity index is 0.000000154. The Morgan fingerprint density at radius 2 is 1.24 bits per heavy atom. The maximum absolute atomic E-state index is 11.7.